The highest BCUT2D eigenvalue weighted by Crippen LogP contribution is 2.30. The first-order valence-corrected chi connectivity index (χ1v) is 10.1. The molecule has 1 aromatic carbocycles. The van der Waals surface area contributed by atoms with E-state index < -0.39 is 20.2 Å². The third-order valence-corrected chi connectivity index (χ3v) is 6.25. The number of alkyl halides is 3. The van der Waals surface area contributed by atoms with Crippen LogP contribution in [-0.2, 0) is 14.6 Å². The molecular formula is C16H14F3N3O3S2. The SMILES string of the molecule is O=C(Nc1ccc(S(=O)(=O)C(F)(F)F)cc1)C1=CCN(c2nccs2)CC1. The summed E-state index contributed by atoms with van der Waals surface area (Å²) >= 11 is 1.50. The first-order valence-electron chi connectivity index (χ1n) is 7.75. The predicted molar refractivity (Wildman–Crippen MR) is 95.3 cm³/mol. The van der Waals surface area contributed by atoms with Crippen LogP contribution in [0, 0.1) is 0 Å². The van der Waals surface area contributed by atoms with Crippen molar-refractivity contribution in [3.63, 3.8) is 0 Å². The van der Waals surface area contributed by atoms with Crippen LogP contribution in [0.1, 0.15) is 6.42 Å². The lowest BCUT2D eigenvalue weighted by atomic mass is 10.1. The highest BCUT2D eigenvalue weighted by atomic mass is 32.2. The van der Waals surface area contributed by atoms with Crippen molar-refractivity contribution in [2.75, 3.05) is 23.3 Å². The van der Waals surface area contributed by atoms with Gasteiger partial charge in [-0.25, -0.2) is 13.4 Å². The molecule has 0 radical (unpaired) electrons. The van der Waals surface area contributed by atoms with Crippen LogP contribution in [-0.4, -0.2) is 37.9 Å². The number of carbonyl (C=O) groups is 1. The van der Waals surface area contributed by atoms with Crippen molar-refractivity contribution in [2.45, 2.75) is 16.8 Å². The number of thiazole rings is 1. The minimum absolute atomic E-state index is 0.212. The molecular weight excluding hydrogens is 403 g/mol. The number of anilines is 2. The lowest BCUT2D eigenvalue weighted by Crippen LogP contribution is -2.31. The Morgan fingerprint density at radius 3 is 2.44 bits per heavy atom. The number of sulfone groups is 1. The summed E-state index contributed by atoms with van der Waals surface area (Å²) < 4.78 is 60.3. The van der Waals surface area contributed by atoms with Gasteiger partial charge >= 0.3 is 5.51 Å². The van der Waals surface area contributed by atoms with Crippen LogP contribution < -0.4 is 10.2 Å². The van der Waals surface area contributed by atoms with Crippen molar-refractivity contribution >= 4 is 37.9 Å². The Labute approximate surface area is 157 Å². The van der Waals surface area contributed by atoms with Gasteiger partial charge in [-0.15, -0.1) is 11.3 Å². The second-order valence-corrected chi connectivity index (χ2v) is 8.48. The Morgan fingerprint density at radius 1 is 1.22 bits per heavy atom. The summed E-state index contributed by atoms with van der Waals surface area (Å²) in [6.07, 6.45) is 3.96. The number of carbonyl (C=O) groups excluding carboxylic acids is 1. The quantitative estimate of drug-likeness (QED) is 0.827. The van der Waals surface area contributed by atoms with Crippen molar-refractivity contribution in [3.05, 3.63) is 47.5 Å². The van der Waals surface area contributed by atoms with E-state index in [9.17, 15) is 26.4 Å². The largest absolute Gasteiger partial charge is 0.501 e. The standard InChI is InChI=1S/C16H14F3N3O3S2/c17-16(18,19)27(24,25)13-3-1-12(2-4-13)21-14(23)11-5-8-22(9-6-11)15-20-7-10-26-15/h1-5,7,10H,6,8-9H2,(H,21,23). The molecule has 0 spiro atoms. The zero-order valence-electron chi connectivity index (χ0n) is 13.7. The monoisotopic (exact) mass is 417 g/mol. The normalized spacial score (nSPS) is 15.4. The molecule has 2 aromatic rings. The fourth-order valence-electron chi connectivity index (χ4n) is 2.48. The molecule has 1 N–H and O–H groups in total. The third-order valence-electron chi connectivity index (χ3n) is 3.92. The third kappa shape index (κ3) is 4.14. The van der Waals surface area contributed by atoms with E-state index in [0.717, 1.165) is 29.4 Å². The number of amides is 1. The molecule has 144 valence electrons. The van der Waals surface area contributed by atoms with E-state index in [-0.39, 0.29) is 11.6 Å². The lowest BCUT2D eigenvalue weighted by molar-refractivity contribution is -0.113. The second-order valence-electron chi connectivity index (χ2n) is 5.67. The van der Waals surface area contributed by atoms with E-state index in [2.05, 4.69) is 10.3 Å². The summed E-state index contributed by atoms with van der Waals surface area (Å²) in [7, 11) is -5.40. The molecule has 0 saturated carbocycles. The van der Waals surface area contributed by atoms with Gasteiger partial charge in [-0.1, -0.05) is 6.08 Å². The molecule has 0 saturated heterocycles. The fraction of sp³-hybridized carbons (Fsp3) is 0.250. The van der Waals surface area contributed by atoms with Crippen LogP contribution in [0.3, 0.4) is 0 Å². The zero-order chi connectivity index (χ0) is 19.7. The molecule has 0 aliphatic carbocycles. The van der Waals surface area contributed by atoms with E-state index in [4.69, 9.17) is 0 Å². The summed E-state index contributed by atoms with van der Waals surface area (Å²) in [6.45, 7) is 1.15. The number of hydrogen-bond donors (Lipinski definition) is 1. The van der Waals surface area contributed by atoms with Gasteiger partial charge in [0.1, 0.15) is 0 Å². The Bertz CT molecular complexity index is 953. The summed E-state index contributed by atoms with van der Waals surface area (Å²) in [5.41, 5.74) is -4.60. The lowest BCUT2D eigenvalue weighted by Gasteiger charge is -2.25. The van der Waals surface area contributed by atoms with Crippen molar-refractivity contribution in [1.29, 1.82) is 0 Å². The number of benzene rings is 1. The first-order chi connectivity index (χ1) is 12.7. The zero-order valence-corrected chi connectivity index (χ0v) is 15.4. The summed E-state index contributed by atoms with van der Waals surface area (Å²) in [5, 5.41) is 5.30. The summed E-state index contributed by atoms with van der Waals surface area (Å²) in [5.74, 6) is -0.375. The van der Waals surface area contributed by atoms with E-state index in [1.54, 1.807) is 12.3 Å². The topological polar surface area (TPSA) is 79.4 Å². The Kier molecular flexibility index (Phi) is 5.24. The van der Waals surface area contributed by atoms with Crippen molar-refractivity contribution in [1.82, 2.24) is 4.98 Å². The van der Waals surface area contributed by atoms with E-state index in [0.29, 0.717) is 25.1 Å². The summed E-state index contributed by atoms with van der Waals surface area (Å²) in [4.78, 5) is 17.7. The molecule has 0 bridgehead atoms. The van der Waals surface area contributed by atoms with E-state index in [1.807, 2.05) is 10.3 Å². The molecule has 0 atom stereocenters. The van der Waals surface area contributed by atoms with E-state index >= 15 is 0 Å². The maximum Gasteiger partial charge on any atom is 0.501 e. The molecule has 6 nitrogen and oxygen atoms in total. The minimum atomic E-state index is -5.40. The minimum Gasteiger partial charge on any atom is -0.344 e. The van der Waals surface area contributed by atoms with Gasteiger partial charge in [0.05, 0.1) is 4.90 Å². The molecule has 0 unspecified atom stereocenters. The molecule has 2 heterocycles. The van der Waals surface area contributed by atoms with Crippen molar-refractivity contribution < 1.29 is 26.4 Å². The average molecular weight is 417 g/mol. The van der Waals surface area contributed by atoms with Crippen molar-refractivity contribution in [2.24, 2.45) is 0 Å². The summed E-state index contributed by atoms with van der Waals surface area (Å²) in [6, 6.07) is 3.89. The molecule has 1 aromatic heterocycles. The van der Waals surface area contributed by atoms with Gasteiger partial charge < -0.3 is 10.2 Å². The molecule has 0 fully saturated rings. The van der Waals surface area contributed by atoms with Crippen molar-refractivity contribution in [3.8, 4) is 0 Å². The Hall–Kier alpha value is -2.40. The van der Waals surface area contributed by atoms with Crippen LogP contribution in [0.25, 0.3) is 0 Å². The number of aromatic nitrogens is 1. The van der Waals surface area contributed by atoms with Crippen LogP contribution in [0.15, 0.2) is 52.4 Å². The van der Waals surface area contributed by atoms with Gasteiger partial charge in [0, 0.05) is 35.9 Å². The van der Waals surface area contributed by atoms with E-state index in [1.165, 1.54) is 11.3 Å². The Morgan fingerprint density at radius 2 is 1.93 bits per heavy atom. The van der Waals surface area contributed by atoms with Crippen LogP contribution >= 0.6 is 11.3 Å². The molecule has 1 amide bonds. The number of halogens is 3. The van der Waals surface area contributed by atoms with Crippen LogP contribution in [0.2, 0.25) is 0 Å². The average Bonchev–Trinajstić information content (AvgIpc) is 3.16. The van der Waals surface area contributed by atoms with Gasteiger partial charge in [0.15, 0.2) is 5.13 Å². The number of nitrogens with zero attached hydrogens (tertiary/aromatic N) is 2. The first kappa shape index (κ1) is 19.4. The van der Waals surface area contributed by atoms with Gasteiger partial charge in [-0.05, 0) is 30.7 Å². The number of nitrogens with one attached hydrogen (secondary N) is 1. The molecule has 11 heteroatoms. The number of rotatable bonds is 4. The number of hydrogen-bond acceptors (Lipinski definition) is 6. The highest BCUT2D eigenvalue weighted by molar-refractivity contribution is 7.92. The maximum atomic E-state index is 12.5. The predicted octanol–water partition coefficient (Wildman–Crippen LogP) is 3.21. The van der Waals surface area contributed by atoms with Gasteiger partial charge in [0.25, 0.3) is 15.7 Å². The van der Waals surface area contributed by atoms with Gasteiger partial charge in [-0.2, -0.15) is 13.2 Å². The van der Waals surface area contributed by atoms with Gasteiger partial charge in [0.2, 0.25) is 0 Å². The molecule has 1 aliphatic rings. The molecule has 27 heavy (non-hydrogen) atoms. The Balaban J connectivity index is 1.65. The van der Waals surface area contributed by atoms with Gasteiger partial charge in [-0.3, -0.25) is 4.79 Å². The second kappa shape index (κ2) is 7.31. The smallest absolute Gasteiger partial charge is 0.344 e. The maximum absolute atomic E-state index is 12.5. The van der Waals surface area contributed by atoms with Crippen LogP contribution in [0.5, 0.6) is 0 Å². The highest BCUT2D eigenvalue weighted by Gasteiger charge is 2.46. The fourth-order valence-corrected chi connectivity index (χ4v) is 3.93. The molecule has 1 aliphatic heterocycles. The molecule has 3 rings (SSSR count). The van der Waals surface area contributed by atoms with Crippen LogP contribution in [0.4, 0.5) is 24.0 Å².